The first-order valence-electron chi connectivity index (χ1n) is 11.3. The van der Waals surface area contributed by atoms with Crippen molar-refractivity contribution in [1.29, 1.82) is 0 Å². The van der Waals surface area contributed by atoms with E-state index in [0.29, 0.717) is 5.02 Å². The van der Waals surface area contributed by atoms with Crippen LogP contribution in [-0.2, 0) is 0 Å². The minimum atomic E-state index is 0.637. The summed E-state index contributed by atoms with van der Waals surface area (Å²) in [5.74, 6) is 2.38. The minimum Gasteiger partial charge on any atom is -0.497 e. The molecule has 5 heteroatoms. The van der Waals surface area contributed by atoms with Gasteiger partial charge in [-0.05, 0) is 73.2 Å². The number of unbranched alkanes of at least 4 members (excludes halogenated alkanes) is 3. The number of fused-ring (bicyclic) bond motifs is 1. The van der Waals surface area contributed by atoms with Gasteiger partial charge in [-0.15, -0.1) is 0 Å². The Morgan fingerprint density at radius 2 is 1.61 bits per heavy atom. The van der Waals surface area contributed by atoms with Crippen molar-refractivity contribution in [3.8, 4) is 22.8 Å². The topological polar surface area (TPSA) is 44.0 Å². The maximum absolute atomic E-state index is 6.27. The fourth-order valence-corrected chi connectivity index (χ4v) is 3.78. The Labute approximate surface area is 199 Å². The third-order valence-corrected chi connectivity index (χ3v) is 5.67. The van der Waals surface area contributed by atoms with Gasteiger partial charge in [0.1, 0.15) is 22.8 Å². The molecule has 0 aliphatic carbocycles. The maximum Gasteiger partial charge on any atom is 0.136 e. The van der Waals surface area contributed by atoms with E-state index in [2.05, 4.69) is 6.92 Å². The van der Waals surface area contributed by atoms with Crippen molar-refractivity contribution in [2.24, 2.45) is 4.99 Å². The fourth-order valence-electron chi connectivity index (χ4n) is 3.61. The monoisotopic (exact) mass is 461 g/mol. The van der Waals surface area contributed by atoms with E-state index >= 15 is 0 Å². The molecule has 0 atom stereocenters. The summed E-state index contributed by atoms with van der Waals surface area (Å²) in [5, 5.41) is 2.28. The molecule has 0 N–H and O–H groups in total. The summed E-state index contributed by atoms with van der Waals surface area (Å²) in [6, 6.07) is 23.1. The lowest BCUT2D eigenvalue weighted by molar-refractivity contribution is 0.305. The van der Waals surface area contributed by atoms with Crippen LogP contribution >= 0.6 is 11.6 Å². The van der Waals surface area contributed by atoms with Gasteiger partial charge in [-0.25, -0.2) is 4.99 Å². The van der Waals surface area contributed by atoms with Gasteiger partial charge in [-0.3, -0.25) is 0 Å². The molecule has 0 bridgehead atoms. The van der Waals surface area contributed by atoms with Gasteiger partial charge < -0.3 is 13.9 Å². The molecule has 0 fully saturated rings. The molecule has 0 aliphatic heterocycles. The fraction of sp³-hybridized carbons (Fsp3) is 0.250. The van der Waals surface area contributed by atoms with Crippen LogP contribution in [0, 0.1) is 0 Å². The summed E-state index contributed by atoms with van der Waals surface area (Å²) in [6.45, 7) is 2.95. The highest BCUT2D eigenvalue weighted by atomic mass is 35.5. The molecular weight excluding hydrogens is 434 g/mol. The van der Waals surface area contributed by atoms with Crippen LogP contribution in [0.5, 0.6) is 11.5 Å². The van der Waals surface area contributed by atoms with Crippen LogP contribution in [0.1, 0.15) is 32.6 Å². The molecule has 0 saturated carbocycles. The number of halogens is 1. The minimum absolute atomic E-state index is 0.637. The molecule has 33 heavy (non-hydrogen) atoms. The van der Waals surface area contributed by atoms with Crippen LogP contribution in [0.4, 0.5) is 5.69 Å². The quantitative estimate of drug-likeness (QED) is 0.237. The van der Waals surface area contributed by atoms with E-state index in [1.54, 1.807) is 7.11 Å². The molecule has 0 unspecified atom stereocenters. The standard InChI is InChI=1S/C28H28ClNO3/c1-3-4-5-6-17-32-24-14-10-22(11-15-24)30-26-19-28(20-7-12-23(31-2)13-8-20)33-27-16-9-21(29)18-25(26)27/h7-16,18-19H,3-6,17H2,1-2H3. The highest BCUT2D eigenvalue weighted by Crippen LogP contribution is 2.26. The van der Waals surface area contributed by atoms with Crippen LogP contribution in [0.25, 0.3) is 22.3 Å². The second-order valence-corrected chi connectivity index (χ2v) is 8.32. The van der Waals surface area contributed by atoms with Crippen LogP contribution in [-0.4, -0.2) is 13.7 Å². The van der Waals surface area contributed by atoms with E-state index in [1.165, 1.54) is 19.3 Å². The van der Waals surface area contributed by atoms with Gasteiger partial charge in [0.25, 0.3) is 0 Å². The van der Waals surface area contributed by atoms with Crippen LogP contribution in [0.3, 0.4) is 0 Å². The Hall–Kier alpha value is -3.24. The Balaban J connectivity index is 1.65. The van der Waals surface area contributed by atoms with E-state index in [9.17, 15) is 0 Å². The highest BCUT2D eigenvalue weighted by Gasteiger charge is 2.08. The van der Waals surface area contributed by atoms with Crippen molar-refractivity contribution in [3.63, 3.8) is 0 Å². The molecule has 4 nitrogen and oxygen atoms in total. The smallest absolute Gasteiger partial charge is 0.136 e. The van der Waals surface area contributed by atoms with E-state index < -0.39 is 0 Å². The summed E-state index contributed by atoms with van der Waals surface area (Å²) in [6.07, 6.45) is 4.76. The first-order chi connectivity index (χ1) is 16.2. The van der Waals surface area contributed by atoms with E-state index in [4.69, 9.17) is 30.5 Å². The second-order valence-electron chi connectivity index (χ2n) is 7.88. The Morgan fingerprint density at radius 3 is 2.33 bits per heavy atom. The molecule has 4 rings (SSSR count). The molecule has 1 heterocycles. The highest BCUT2D eigenvalue weighted by molar-refractivity contribution is 6.31. The van der Waals surface area contributed by atoms with E-state index in [-0.39, 0.29) is 0 Å². The van der Waals surface area contributed by atoms with Crippen LogP contribution in [0.2, 0.25) is 5.02 Å². The zero-order valence-electron chi connectivity index (χ0n) is 19.0. The van der Waals surface area contributed by atoms with Gasteiger partial charge in [-0.1, -0.05) is 37.8 Å². The normalized spacial score (nSPS) is 11.7. The van der Waals surface area contributed by atoms with Crippen molar-refractivity contribution in [2.45, 2.75) is 32.6 Å². The van der Waals surface area contributed by atoms with E-state index in [1.807, 2.05) is 72.8 Å². The third-order valence-electron chi connectivity index (χ3n) is 5.43. The zero-order chi connectivity index (χ0) is 23.0. The molecule has 1 aromatic heterocycles. The van der Waals surface area contributed by atoms with Gasteiger partial charge in [0, 0.05) is 22.0 Å². The third kappa shape index (κ3) is 5.96. The predicted octanol–water partition coefficient (Wildman–Crippen LogP) is 7.95. The molecule has 0 radical (unpaired) electrons. The van der Waals surface area contributed by atoms with Crippen molar-refractivity contribution < 1.29 is 13.9 Å². The average Bonchev–Trinajstić information content (AvgIpc) is 2.85. The van der Waals surface area contributed by atoms with Crippen molar-refractivity contribution in [1.82, 2.24) is 0 Å². The van der Waals surface area contributed by atoms with Gasteiger partial charge in [0.2, 0.25) is 0 Å². The summed E-state index contributed by atoms with van der Waals surface area (Å²) in [4.78, 5) is 4.89. The Morgan fingerprint density at radius 1 is 0.848 bits per heavy atom. The lowest BCUT2D eigenvalue weighted by Gasteiger charge is -2.07. The lowest BCUT2D eigenvalue weighted by atomic mass is 10.1. The largest absolute Gasteiger partial charge is 0.497 e. The molecule has 0 amide bonds. The van der Waals surface area contributed by atoms with Crippen LogP contribution < -0.4 is 14.8 Å². The summed E-state index contributed by atoms with van der Waals surface area (Å²) in [7, 11) is 1.65. The first-order valence-corrected chi connectivity index (χ1v) is 11.7. The van der Waals surface area contributed by atoms with Crippen molar-refractivity contribution in [2.75, 3.05) is 13.7 Å². The van der Waals surface area contributed by atoms with Crippen LogP contribution in [0.15, 0.2) is 82.2 Å². The second kappa shape index (κ2) is 11.1. The Kier molecular flexibility index (Phi) is 7.69. The molecule has 170 valence electrons. The molecule has 0 spiro atoms. The van der Waals surface area contributed by atoms with Crippen molar-refractivity contribution >= 4 is 28.3 Å². The predicted molar refractivity (Wildman–Crippen MR) is 135 cm³/mol. The van der Waals surface area contributed by atoms with Gasteiger partial charge in [-0.2, -0.15) is 0 Å². The number of benzene rings is 3. The summed E-state index contributed by atoms with van der Waals surface area (Å²) in [5.41, 5.74) is 2.50. The van der Waals surface area contributed by atoms with Gasteiger partial charge in [0.15, 0.2) is 0 Å². The lowest BCUT2D eigenvalue weighted by Crippen LogP contribution is -2.03. The zero-order valence-corrected chi connectivity index (χ0v) is 19.8. The first kappa shape index (κ1) is 22.9. The van der Waals surface area contributed by atoms with E-state index in [0.717, 1.165) is 57.9 Å². The maximum atomic E-state index is 6.27. The van der Waals surface area contributed by atoms with Gasteiger partial charge in [0.05, 0.1) is 24.8 Å². The number of methoxy groups -OCH3 is 1. The number of hydrogen-bond donors (Lipinski definition) is 0. The SMILES string of the molecule is CCCCCCOc1ccc(N=c2cc(-c3ccc(OC)cc3)oc3ccc(Cl)cc23)cc1. The molecule has 0 saturated heterocycles. The molecule has 3 aromatic carbocycles. The molecule has 4 aromatic rings. The average molecular weight is 462 g/mol. The Bertz CT molecular complexity index is 1260. The van der Waals surface area contributed by atoms with Gasteiger partial charge >= 0.3 is 0 Å². The summed E-state index contributed by atoms with van der Waals surface area (Å²) < 4.78 is 17.3. The number of hydrogen-bond acceptors (Lipinski definition) is 4. The molecular formula is C28H28ClNO3. The number of nitrogens with zero attached hydrogens (tertiary/aromatic N) is 1. The number of rotatable bonds is 9. The number of ether oxygens (including phenoxy) is 2. The molecule has 0 aliphatic rings. The van der Waals surface area contributed by atoms with Crippen molar-refractivity contribution in [3.05, 3.63) is 83.2 Å². The summed E-state index contributed by atoms with van der Waals surface area (Å²) >= 11 is 6.27.